The van der Waals surface area contributed by atoms with E-state index >= 15 is 0 Å². The summed E-state index contributed by atoms with van der Waals surface area (Å²) in [7, 11) is 0. The third-order valence-corrected chi connectivity index (χ3v) is 3.46. The van der Waals surface area contributed by atoms with Crippen molar-refractivity contribution < 1.29 is 27.8 Å². The van der Waals surface area contributed by atoms with E-state index in [1.54, 1.807) is 0 Å². The molecule has 1 aliphatic rings. The number of hydrogen-bond donors (Lipinski definition) is 1. The van der Waals surface area contributed by atoms with Crippen molar-refractivity contribution in [3.8, 4) is 0 Å². The summed E-state index contributed by atoms with van der Waals surface area (Å²) in [6, 6.07) is 3.86. The van der Waals surface area contributed by atoms with Gasteiger partial charge in [0.05, 0.1) is 31.4 Å². The van der Waals surface area contributed by atoms with Gasteiger partial charge in [0.25, 0.3) is 0 Å². The van der Waals surface area contributed by atoms with Crippen molar-refractivity contribution in [2.24, 2.45) is 0 Å². The van der Waals surface area contributed by atoms with Crippen molar-refractivity contribution in [2.45, 2.75) is 18.9 Å². The van der Waals surface area contributed by atoms with Crippen LogP contribution in [0.5, 0.6) is 0 Å². The van der Waals surface area contributed by atoms with Gasteiger partial charge in [0.2, 0.25) is 0 Å². The quantitative estimate of drug-likeness (QED) is 0.906. The summed E-state index contributed by atoms with van der Waals surface area (Å²) in [5.74, 6) is 0. The summed E-state index contributed by atoms with van der Waals surface area (Å²) in [6.07, 6.45) is -5.85. The second-order valence-corrected chi connectivity index (χ2v) is 5.34. The minimum absolute atomic E-state index is 0.0366. The van der Waals surface area contributed by atoms with Crippen molar-refractivity contribution >= 4 is 22.0 Å². The third kappa shape index (κ3) is 3.43. The summed E-state index contributed by atoms with van der Waals surface area (Å²) >= 11 is 3.00. The van der Waals surface area contributed by atoms with Gasteiger partial charge in [0.1, 0.15) is 0 Å². The Kier molecular flexibility index (Phi) is 4.24. The lowest BCUT2D eigenvalue weighted by atomic mass is 10.1. The number of carboxylic acid groups (broad SMARTS) is 1. The standard InChI is InChI=1S/C12H11BrF3NO3/c13-8-2-1-7(10(3-8)12(14,15)16)6-20-9-4-17(5-9)11(18)19/h1-3,9H,4-6H2,(H,18,19). The van der Waals surface area contributed by atoms with Crippen LogP contribution in [0.15, 0.2) is 22.7 Å². The molecule has 0 aliphatic carbocycles. The molecule has 0 aromatic heterocycles. The van der Waals surface area contributed by atoms with E-state index in [1.807, 2.05) is 0 Å². The molecule has 0 spiro atoms. The number of benzene rings is 1. The number of hydrogen-bond acceptors (Lipinski definition) is 2. The molecule has 8 heteroatoms. The van der Waals surface area contributed by atoms with Gasteiger partial charge in [0, 0.05) is 4.47 Å². The highest BCUT2D eigenvalue weighted by Gasteiger charge is 2.35. The summed E-state index contributed by atoms with van der Waals surface area (Å²) in [6.45, 7) is 0.181. The Bertz CT molecular complexity index is 515. The van der Waals surface area contributed by atoms with Gasteiger partial charge in [-0.15, -0.1) is 0 Å². The molecule has 1 heterocycles. The number of ether oxygens (including phenoxy) is 1. The predicted octanol–water partition coefficient (Wildman–Crippen LogP) is 3.35. The number of likely N-dealkylation sites (tertiary alicyclic amines) is 1. The lowest BCUT2D eigenvalue weighted by molar-refractivity contribution is -0.139. The molecule has 1 fully saturated rings. The Hall–Kier alpha value is -1.28. The summed E-state index contributed by atoms with van der Waals surface area (Å²) in [5.41, 5.74) is -0.712. The fraction of sp³-hybridized carbons (Fsp3) is 0.417. The summed E-state index contributed by atoms with van der Waals surface area (Å²) in [4.78, 5) is 11.7. The highest BCUT2D eigenvalue weighted by Crippen LogP contribution is 2.34. The first-order valence-electron chi connectivity index (χ1n) is 5.72. The van der Waals surface area contributed by atoms with Gasteiger partial charge in [0.15, 0.2) is 0 Å². The Labute approximate surface area is 121 Å². The Morgan fingerprint density at radius 2 is 2.10 bits per heavy atom. The van der Waals surface area contributed by atoms with Crippen LogP contribution < -0.4 is 0 Å². The van der Waals surface area contributed by atoms with Crippen LogP contribution in [-0.4, -0.2) is 35.3 Å². The van der Waals surface area contributed by atoms with Gasteiger partial charge in [-0.05, 0) is 17.7 Å². The molecule has 0 atom stereocenters. The molecule has 0 bridgehead atoms. The molecule has 20 heavy (non-hydrogen) atoms. The van der Waals surface area contributed by atoms with Gasteiger partial charge in [-0.3, -0.25) is 0 Å². The van der Waals surface area contributed by atoms with Crippen molar-refractivity contribution in [1.82, 2.24) is 4.90 Å². The number of carbonyl (C=O) groups is 1. The monoisotopic (exact) mass is 353 g/mol. The van der Waals surface area contributed by atoms with E-state index < -0.39 is 17.8 Å². The zero-order valence-corrected chi connectivity index (χ0v) is 11.7. The zero-order chi connectivity index (χ0) is 14.9. The largest absolute Gasteiger partial charge is 0.465 e. The molecular weight excluding hydrogens is 343 g/mol. The molecule has 1 aliphatic heterocycles. The number of halogens is 4. The van der Waals surface area contributed by atoms with Crippen molar-refractivity contribution in [2.75, 3.05) is 13.1 Å². The van der Waals surface area contributed by atoms with Crippen molar-refractivity contribution in [1.29, 1.82) is 0 Å². The summed E-state index contributed by atoms with van der Waals surface area (Å²) in [5, 5.41) is 8.63. The Morgan fingerprint density at radius 3 is 2.65 bits per heavy atom. The SMILES string of the molecule is O=C(O)N1CC(OCc2ccc(Br)cc2C(F)(F)F)C1. The lowest BCUT2D eigenvalue weighted by Crippen LogP contribution is -2.54. The Balaban J connectivity index is 1.99. The van der Waals surface area contributed by atoms with Crippen LogP contribution in [0, 0.1) is 0 Å². The van der Waals surface area contributed by atoms with E-state index in [1.165, 1.54) is 12.1 Å². The first-order valence-corrected chi connectivity index (χ1v) is 6.52. The molecule has 4 nitrogen and oxygen atoms in total. The molecule has 0 radical (unpaired) electrons. The molecular formula is C12H11BrF3NO3. The first kappa shape index (κ1) is 15.1. The van der Waals surface area contributed by atoms with E-state index in [0.717, 1.165) is 11.0 Å². The van der Waals surface area contributed by atoms with E-state index in [-0.39, 0.29) is 31.4 Å². The second-order valence-electron chi connectivity index (χ2n) is 4.42. The normalized spacial score (nSPS) is 16.1. The highest BCUT2D eigenvalue weighted by molar-refractivity contribution is 9.10. The van der Waals surface area contributed by atoms with Crippen LogP contribution in [0.3, 0.4) is 0 Å². The second kappa shape index (κ2) is 5.61. The smallest absolute Gasteiger partial charge is 0.416 e. The molecule has 1 aromatic carbocycles. The number of alkyl halides is 3. The molecule has 1 N–H and O–H groups in total. The van der Waals surface area contributed by atoms with Crippen LogP contribution >= 0.6 is 15.9 Å². The molecule has 110 valence electrons. The van der Waals surface area contributed by atoms with E-state index in [0.29, 0.717) is 4.47 Å². The maximum Gasteiger partial charge on any atom is 0.416 e. The predicted molar refractivity (Wildman–Crippen MR) is 67.3 cm³/mol. The van der Waals surface area contributed by atoms with Crippen LogP contribution in [0.2, 0.25) is 0 Å². The average molecular weight is 354 g/mol. The van der Waals surface area contributed by atoms with Gasteiger partial charge >= 0.3 is 12.3 Å². The van der Waals surface area contributed by atoms with Gasteiger partial charge < -0.3 is 14.7 Å². The molecule has 1 aromatic rings. The lowest BCUT2D eigenvalue weighted by Gasteiger charge is -2.36. The van der Waals surface area contributed by atoms with E-state index in [9.17, 15) is 18.0 Å². The fourth-order valence-electron chi connectivity index (χ4n) is 1.85. The van der Waals surface area contributed by atoms with Crippen molar-refractivity contribution in [3.05, 3.63) is 33.8 Å². The van der Waals surface area contributed by atoms with Crippen molar-refractivity contribution in [3.63, 3.8) is 0 Å². The molecule has 1 saturated heterocycles. The minimum atomic E-state index is -4.45. The molecule has 0 unspecified atom stereocenters. The molecule has 0 saturated carbocycles. The van der Waals surface area contributed by atoms with Gasteiger partial charge in [-0.1, -0.05) is 22.0 Å². The number of amides is 1. The highest BCUT2D eigenvalue weighted by atomic mass is 79.9. The van der Waals surface area contributed by atoms with Crippen LogP contribution in [0.25, 0.3) is 0 Å². The van der Waals surface area contributed by atoms with Gasteiger partial charge in [-0.25, -0.2) is 4.79 Å². The minimum Gasteiger partial charge on any atom is -0.465 e. The van der Waals surface area contributed by atoms with Gasteiger partial charge in [-0.2, -0.15) is 13.2 Å². The third-order valence-electron chi connectivity index (χ3n) is 2.97. The maximum atomic E-state index is 12.9. The number of rotatable bonds is 3. The zero-order valence-electron chi connectivity index (χ0n) is 10.2. The topological polar surface area (TPSA) is 49.8 Å². The van der Waals surface area contributed by atoms with Crippen LogP contribution in [0.4, 0.5) is 18.0 Å². The molecule has 2 rings (SSSR count). The number of nitrogens with zero attached hydrogens (tertiary/aromatic N) is 1. The molecule has 1 amide bonds. The first-order chi connectivity index (χ1) is 9.27. The Morgan fingerprint density at radius 1 is 1.45 bits per heavy atom. The maximum absolute atomic E-state index is 12.9. The van der Waals surface area contributed by atoms with E-state index in [2.05, 4.69) is 15.9 Å². The summed E-state index contributed by atoms with van der Waals surface area (Å²) < 4.78 is 44.2. The van der Waals surface area contributed by atoms with Crippen LogP contribution in [0.1, 0.15) is 11.1 Å². The average Bonchev–Trinajstić information content (AvgIpc) is 2.26. The van der Waals surface area contributed by atoms with Crippen LogP contribution in [-0.2, 0) is 17.5 Å². The van der Waals surface area contributed by atoms with E-state index in [4.69, 9.17) is 9.84 Å². The fourth-order valence-corrected chi connectivity index (χ4v) is 2.21.